The molecule has 0 aromatic carbocycles. The number of amides is 1. The first-order chi connectivity index (χ1) is 8.76. The molecule has 0 atom stereocenters. The van der Waals surface area contributed by atoms with Crippen LogP contribution in [0.3, 0.4) is 0 Å². The van der Waals surface area contributed by atoms with Gasteiger partial charge in [-0.2, -0.15) is 0 Å². The van der Waals surface area contributed by atoms with Crippen molar-refractivity contribution in [2.75, 3.05) is 38.8 Å². The highest BCUT2D eigenvalue weighted by Gasteiger charge is 2.05. The third-order valence-electron chi connectivity index (χ3n) is 1.73. The molecule has 0 spiro atoms. The number of rotatable bonds is 6. The SMILES string of the molecule is COCCOCC(=O)Nc1ncc(C#CCN)s1. The lowest BCUT2D eigenvalue weighted by Gasteiger charge is -2.02. The average molecular weight is 269 g/mol. The first kappa shape index (κ1) is 14.6. The van der Waals surface area contributed by atoms with E-state index in [-0.39, 0.29) is 12.5 Å². The average Bonchev–Trinajstić information content (AvgIpc) is 2.80. The lowest BCUT2D eigenvalue weighted by molar-refractivity contribution is -0.121. The number of hydrogen-bond donors (Lipinski definition) is 2. The maximum atomic E-state index is 11.4. The monoisotopic (exact) mass is 269 g/mol. The minimum Gasteiger partial charge on any atom is -0.382 e. The zero-order valence-corrected chi connectivity index (χ0v) is 10.9. The number of nitrogens with zero attached hydrogens (tertiary/aromatic N) is 1. The van der Waals surface area contributed by atoms with E-state index < -0.39 is 0 Å². The van der Waals surface area contributed by atoms with Crippen LogP contribution < -0.4 is 11.1 Å². The van der Waals surface area contributed by atoms with Crippen LogP contribution in [-0.4, -0.2) is 44.4 Å². The summed E-state index contributed by atoms with van der Waals surface area (Å²) >= 11 is 1.29. The number of carbonyl (C=O) groups excluding carboxylic acids is 1. The van der Waals surface area contributed by atoms with Gasteiger partial charge in [-0.25, -0.2) is 4.98 Å². The van der Waals surface area contributed by atoms with Crippen LogP contribution in [0.5, 0.6) is 0 Å². The van der Waals surface area contributed by atoms with E-state index in [9.17, 15) is 4.79 Å². The molecule has 0 aliphatic rings. The highest BCUT2D eigenvalue weighted by Crippen LogP contribution is 2.16. The smallest absolute Gasteiger partial charge is 0.252 e. The normalized spacial score (nSPS) is 9.67. The first-order valence-corrected chi connectivity index (χ1v) is 6.09. The summed E-state index contributed by atoms with van der Waals surface area (Å²) in [6.07, 6.45) is 1.59. The fraction of sp³-hybridized carbons (Fsp3) is 0.455. The molecule has 0 bridgehead atoms. The second-order valence-electron chi connectivity index (χ2n) is 3.13. The van der Waals surface area contributed by atoms with Crippen LogP contribution in [-0.2, 0) is 14.3 Å². The molecular weight excluding hydrogens is 254 g/mol. The molecule has 0 fully saturated rings. The molecular formula is C11H15N3O3S. The Morgan fingerprint density at radius 1 is 1.61 bits per heavy atom. The summed E-state index contributed by atoms with van der Waals surface area (Å²) < 4.78 is 9.87. The van der Waals surface area contributed by atoms with Gasteiger partial charge in [0, 0.05) is 7.11 Å². The minimum absolute atomic E-state index is 0.0211. The fourth-order valence-corrected chi connectivity index (χ4v) is 1.70. The summed E-state index contributed by atoms with van der Waals surface area (Å²) in [5.41, 5.74) is 5.26. The van der Waals surface area contributed by atoms with Crippen molar-refractivity contribution >= 4 is 22.4 Å². The van der Waals surface area contributed by atoms with Crippen molar-refractivity contribution < 1.29 is 14.3 Å². The zero-order valence-electron chi connectivity index (χ0n) is 10.1. The van der Waals surface area contributed by atoms with Gasteiger partial charge in [0.05, 0.1) is 30.8 Å². The predicted octanol–water partition coefficient (Wildman–Crippen LogP) is 0.0548. The van der Waals surface area contributed by atoms with Crippen LogP contribution in [0.1, 0.15) is 4.88 Å². The Hall–Kier alpha value is -1.46. The molecule has 0 unspecified atom stereocenters. The zero-order chi connectivity index (χ0) is 13.2. The van der Waals surface area contributed by atoms with Gasteiger partial charge in [0.2, 0.25) is 0 Å². The number of aromatic nitrogens is 1. The number of anilines is 1. The van der Waals surface area contributed by atoms with E-state index in [1.165, 1.54) is 11.3 Å². The minimum atomic E-state index is -0.251. The number of ether oxygens (including phenoxy) is 2. The van der Waals surface area contributed by atoms with E-state index in [4.69, 9.17) is 15.2 Å². The van der Waals surface area contributed by atoms with Crippen LogP contribution in [0, 0.1) is 11.8 Å². The van der Waals surface area contributed by atoms with E-state index in [1.807, 2.05) is 0 Å². The molecule has 1 heterocycles. The van der Waals surface area contributed by atoms with Crippen LogP contribution in [0.4, 0.5) is 5.13 Å². The standard InChI is InChI=1S/C11H15N3O3S/c1-16-5-6-17-8-10(15)14-11-13-7-9(18-11)3-2-4-12/h7H,4-6,8,12H2,1H3,(H,13,14,15). The lowest BCUT2D eigenvalue weighted by atomic mass is 10.5. The second kappa shape index (κ2) is 8.60. The maximum Gasteiger partial charge on any atom is 0.252 e. The Labute approximate surface area is 109 Å². The van der Waals surface area contributed by atoms with Crippen LogP contribution in [0.2, 0.25) is 0 Å². The largest absolute Gasteiger partial charge is 0.382 e. The number of carbonyl (C=O) groups is 1. The van der Waals surface area contributed by atoms with Crippen LogP contribution in [0.25, 0.3) is 0 Å². The summed E-state index contributed by atoms with van der Waals surface area (Å²) in [6.45, 7) is 1.12. The molecule has 6 nitrogen and oxygen atoms in total. The van der Waals surface area contributed by atoms with Crippen molar-refractivity contribution in [3.05, 3.63) is 11.1 Å². The molecule has 1 amide bonds. The van der Waals surface area contributed by atoms with Crippen LogP contribution >= 0.6 is 11.3 Å². The van der Waals surface area contributed by atoms with Gasteiger partial charge in [-0.05, 0) is 0 Å². The predicted molar refractivity (Wildman–Crippen MR) is 69.4 cm³/mol. The molecule has 18 heavy (non-hydrogen) atoms. The third kappa shape index (κ3) is 5.75. The second-order valence-corrected chi connectivity index (χ2v) is 4.16. The molecule has 0 saturated carbocycles. The number of thiazole rings is 1. The Kier molecular flexibility index (Phi) is 6.98. The number of methoxy groups -OCH3 is 1. The number of nitrogens with two attached hydrogens (primary N) is 1. The first-order valence-electron chi connectivity index (χ1n) is 5.27. The van der Waals surface area contributed by atoms with E-state index in [0.717, 1.165) is 4.88 Å². The van der Waals surface area contributed by atoms with Gasteiger partial charge in [0.15, 0.2) is 5.13 Å². The molecule has 1 aromatic heterocycles. The van der Waals surface area contributed by atoms with Gasteiger partial charge in [0.25, 0.3) is 5.91 Å². The summed E-state index contributed by atoms with van der Waals surface area (Å²) in [4.78, 5) is 16.2. The highest BCUT2D eigenvalue weighted by molar-refractivity contribution is 7.16. The lowest BCUT2D eigenvalue weighted by Crippen LogP contribution is -2.19. The van der Waals surface area contributed by atoms with Crippen molar-refractivity contribution in [1.82, 2.24) is 4.98 Å². The Bertz CT molecular complexity index is 436. The quantitative estimate of drug-likeness (QED) is 0.563. The van der Waals surface area contributed by atoms with Gasteiger partial charge < -0.3 is 15.2 Å². The number of nitrogens with one attached hydrogen (secondary N) is 1. The molecule has 1 aromatic rings. The molecule has 0 radical (unpaired) electrons. The number of hydrogen-bond acceptors (Lipinski definition) is 6. The van der Waals surface area contributed by atoms with Gasteiger partial charge >= 0.3 is 0 Å². The van der Waals surface area contributed by atoms with Crippen molar-refractivity contribution in [2.45, 2.75) is 0 Å². The van der Waals surface area contributed by atoms with Gasteiger partial charge in [0.1, 0.15) is 6.61 Å². The van der Waals surface area contributed by atoms with E-state index in [2.05, 4.69) is 22.1 Å². The Morgan fingerprint density at radius 2 is 2.44 bits per heavy atom. The van der Waals surface area contributed by atoms with E-state index in [1.54, 1.807) is 13.3 Å². The van der Waals surface area contributed by atoms with E-state index in [0.29, 0.717) is 24.9 Å². The molecule has 1 rings (SSSR count). The molecule has 0 aliphatic heterocycles. The van der Waals surface area contributed by atoms with Gasteiger partial charge in [-0.3, -0.25) is 10.1 Å². The summed E-state index contributed by atoms with van der Waals surface area (Å²) in [5.74, 6) is 5.31. The molecule has 98 valence electrons. The van der Waals surface area contributed by atoms with Crippen molar-refractivity contribution in [2.24, 2.45) is 5.73 Å². The fourth-order valence-electron chi connectivity index (χ4n) is 0.990. The van der Waals surface area contributed by atoms with Crippen molar-refractivity contribution in [1.29, 1.82) is 0 Å². The summed E-state index contributed by atoms with van der Waals surface area (Å²) in [6, 6.07) is 0. The topological polar surface area (TPSA) is 86.5 Å². The third-order valence-corrected chi connectivity index (χ3v) is 2.56. The van der Waals surface area contributed by atoms with Gasteiger partial charge in [-0.1, -0.05) is 23.2 Å². The van der Waals surface area contributed by atoms with Crippen molar-refractivity contribution in [3.8, 4) is 11.8 Å². The molecule has 3 N–H and O–H groups in total. The molecule has 0 aliphatic carbocycles. The summed E-state index contributed by atoms with van der Waals surface area (Å²) in [5, 5.41) is 3.12. The Morgan fingerprint density at radius 3 is 3.17 bits per heavy atom. The van der Waals surface area contributed by atoms with Crippen molar-refractivity contribution in [3.63, 3.8) is 0 Å². The van der Waals surface area contributed by atoms with Crippen LogP contribution in [0.15, 0.2) is 6.20 Å². The van der Waals surface area contributed by atoms with Gasteiger partial charge in [-0.15, -0.1) is 0 Å². The Balaban J connectivity index is 2.33. The highest BCUT2D eigenvalue weighted by atomic mass is 32.1. The maximum absolute atomic E-state index is 11.4. The molecule has 0 saturated heterocycles. The van der Waals surface area contributed by atoms with E-state index >= 15 is 0 Å². The summed E-state index contributed by atoms with van der Waals surface area (Å²) in [7, 11) is 1.57. The molecule has 7 heteroatoms.